The molecule has 0 radical (unpaired) electrons. The SMILES string of the molecule is CNCC(Cc1cccc(Cl)c1F)c1ccc(C)cc1. The summed E-state index contributed by atoms with van der Waals surface area (Å²) in [5, 5.41) is 3.37. The number of rotatable bonds is 5. The van der Waals surface area contributed by atoms with Crippen molar-refractivity contribution in [2.24, 2.45) is 0 Å². The van der Waals surface area contributed by atoms with Gasteiger partial charge in [0.2, 0.25) is 0 Å². The zero-order valence-corrected chi connectivity index (χ0v) is 12.5. The molecule has 1 nitrogen and oxygen atoms in total. The van der Waals surface area contributed by atoms with Crippen LogP contribution in [0.1, 0.15) is 22.6 Å². The second-order valence-electron chi connectivity index (χ2n) is 5.08. The molecule has 0 aliphatic carbocycles. The Morgan fingerprint density at radius 1 is 1.15 bits per heavy atom. The first-order valence-electron chi connectivity index (χ1n) is 6.76. The van der Waals surface area contributed by atoms with Crippen LogP contribution in [0.4, 0.5) is 4.39 Å². The Morgan fingerprint density at radius 2 is 1.85 bits per heavy atom. The van der Waals surface area contributed by atoms with Crippen molar-refractivity contribution < 1.29 is 4.39 Å². The summed E-state index contributed by atoms with van der Waals surface area (Å²) in [4.78, 5) is 0. The highest BCUT2D eigenvalue weighted by molar-refractivity contribution is 6.30. The molecule has 0 spiro atoms. The van der Waals surface area contributed by atoms with Gasteiger partial charge in [-0.25, -0.2) is 4.39 Å². The standard InChI is InChI=1S/C17H19ClFN/c1-12-6-8-13(9-7-12)15(11-20-2)10-14-4-3-5-16(18)17(14)19/h3-9,15,20H,10-11H2,1-2H3. The van der Waals surface area contributed by atoms with E-state index in [-0.39, 0.29) is 16.8 Å². The Labute approximate surface area is 124 Å². The van der Waals surface area contributed by atoms with Gasteiger partial charge in [0, 0.05) is 12.5 Å². The lowest BCUT2D eigenvalue weighted by atomic mass is 9.91. The third-order valence-electron chi connectivity index (χ3n) is 3.50. The fraction of sp³-hybridized carbons (Fsp3) is 0.294. The molecule has 2 aromatic carbocycles. The predicted molar refractivity (Wildman–Crippen MR) is 83.0 cm³/mol. The Bertz CT molecular complexity index is 566. The van der Waals surface area contributed by atoms with E-state index in [0.29, 0.717) is 12.0 Å². The average molecular weight is 292 g/mol. The molecule has 3 heteroatoms. The minimum atomic E-state index is -0.303. The van der Waals surface area contributed by atoms with Crippen LogP contribution in [0.2, 0.25) is 5.02 Å². The highest BCUT2D eigenvalue weighted by Gasteiger charge is 2.15. The maximum absolute atomic E-state index is 14.0. The van der Waals surface area contributed by atoms with Crippen LogP contribution in [0.25, 0.3) is 0 Å². The molecular weight excluding hydrogens is 273 g/mol. The molecule has 2 aromatic rings. The van der Waals surface area contributed by atoms with Crippen molar-refractivity contribution in [3.05, 3.63) is 70.0 Å². The summed E-state index contributed by atoms with van der Waals surface area (Å²) in [6.45, 7) is 2.86. The molecule has 0 aromatic heterocycles. The van der Waals surface area contributed by atoms with Crippen molar-refractivity contribution in [1.82, 2.24) is 5.32 Å². The summed E-state index contributed by atoms with van der Waals surface area (Å²) in [5.41, 5.74) is 3.11. The lowest BCUT2D eigenvalue weighted by Crippen LogP contribution is -2.19. The summed E-state index contributed by atoms with van der Waals surface area (Å²) in [7, 11) is 1.91. The molecule has 0 aliphatic rings. The zero-order valence-electron chi connectivity index (χ0n) is 11.8. The van der Waals surface area contributed by atoms with Gasteiger partial charge >= 0.3 is 0 Å². The van der Waals surface area contributed by atoms with Crippen molar-refractivity contribution in [2.45, 2.75) is 19.3 Å². The van der Waals surface area contributed by atoms with E-state index >= 15 is 0 Å². The first kappa shape index (κ1) is 15.0. The van der Waals surface area contributed by atoms with Crippen molar-refractivity contribution in [1.29, 1.82) is 0 Å². The number of hydrogen-bond acceptors (Lipinski definition) is 1. The van der Waals surface area contributed by atoms with E-state index in [1.807, 2.05) is 7.05 Å². The fourth-order valence-corrected chi connectivity index (χ4v) is 2.56. The molecular formula is C17H19ClFN. The molecule has 106 valence electrons. The van der Waals surface area contributed by atoms with Crippen LogP contribution in [-0.4, -0.2) is 13.6 Å². The topological polar surface area (TPSA) is 12.0 Å². The summed E-state index contributed by atoms with van der Waals surface area (Å²) in [5.74, 6) is -0.0732. The maximum atomic E-state index is 14.0. The van der Waals surface area contributed by atoms with Crippen molar-refractivity contribution in [3.8, 4) is 0 Å². The smallest absolute Gasteiger partial charge is 0.144 e. The van der Waals surface area contributed by atoms with Gasteiger partial charge in [0.05, 0.1) is 5.02 Å². The molecule has 0 aliphatic heterocycles. The van der Waals surface area contributed by atoms with Gasteiger partial charge in [-0.2, -0.15) is 0 Å². The highest BCUT2D eigenvalue weighted by Crippen LogP contribution is 2.25. The monoisotopic (exact) mass is 291 g/mol. The largest absolute Gasteiger partial charge is 0.319 e. The fourth-order valence-electron chi connectivity index (χ4n) is 2.36. The summed E-state index contributed by atoms with van der Waals surface area (Å²) in [6, 6.07) is 13.6. The lowest BCUT2D eigenvalue weighted by molar-refractivity contribution is 0.575. The molecule has 1 unspecified atom stereocenters. The van der Waals surface area contributed by atoms with Gasteiger partial charge in [0.25, 0.3) is 0 Å². The molecule has 0 saturated carbocycles. The quantitative estimate of drug-likeness (QED) is 0.864. The second kappa shape index (κ2) is 6.87. The minimum Gasteiger partial charge on any atom is -0.319 e. The summed E-state index contributed by atoms with van der Waals surface area (Å²) < 4.78 is 14.0. The second-order valence-corrected chi connectivity index (χ2v) is 5.49. The number of nitrogens with one attached hydrogen (secondary N) is 1. The van der Waals surface area contributed by atoms with Crippen LogP contribution in [0.15, 0.2) is 42.5 Å². The molecule has 1 atom stereocenters. The molecule has 1 N–H and O–H groups in total. The van der Waals surface area contributed by atoms with E-state index in [1.165, 1.54) is 11.1 Å². The third kappa shape index (κ3) is 3.59. The zero-order chi connectivity index (χ0) is 14.5. The number of halogens is 2. The van der Waals surface area contributed by atoms with Gasteiger partial charge in [-0.15, -0.1) is 0 Å². The Morgan fingerprint density at radius 3 is 2.50 bits per heavy atom. The number of aryl methyl sites for hydroxylation is 1. The van der Waals surface area contributed by atoms with Crippen molar-refractivity contribution >= 4 is 11.6 Å². The first-order valence-corrected chi connectivity index (χ1v) is 7.13. The summed E-state index contributed by atoms with van der Waals surface area (Å²) >= 11 is 5.85. The number of likely N-dealkylation sites (N-methyl/N-ethyl adjacent to an activating group) is 1. The van der Waals surface area contributed by atoms with E-state index in [0.717, 1.165) is 6.54 Å². The van der Waals surface area contributed by atoms with Crippen LogP contribution in [-0.2, 0) is 6.42 Å². The molecule has 0 saturated heterocycles. The Hall–Kier alpha value is -1.38. The summed E-state index contributed by atoms with van der Waals surface area (Å²) in [6.07, 6.45) is 0.635. The van der Waals surface area contributed by atoms with Crippen LogP contribution < -0.4 is 5.32 Å². The maximum Gasteiger partial charge on any atom is 0.144 e. The van der Waals surface area contributed by atoms with Gasteiger partial charge in [0.15, 0.2) is 0 Å². The molecule has 2 rings (SSSR count). The number of benzene rings is 2. The van der Waals surface area contributed by atoms with E-state index < -0.39 is 0 Å². The Kier molecular flexibility index (Phi) is 5.16. The van der Waals surface area contributed by atoms with Gasteiger partial charge < -0.3 is 5.32 Å². The van der Waals surface area contributed by atoms with Crippen molar-refractivity contribution in [3.63, 3.8) is 0 Å². The lowest BCUT2D eigenvalue weighted by Gasteiger charge is -2.18. The third-order valence-corrected chi connectivity index (χ3v) is 3.79. The normalized spacial score (nSPS) is 12.4. The van der Waals surface area contributed by atoms with Gasteiger partial charge in [-0.1, -0.05) is 53.6 Å². The van der Waals surface area contributed by atoms with E-state index in [1.54, 1.807) is 18.2 Å². The molecule has 0 amide bonds. The minimum absolute atomic E-state index is 0.189. The van der Waals surface area contributed by atoms with E-state index in [4.69, 9.17) is 11.6 Å². The van der Waals surface area contributed by atoms with E-state index in [2.05, 4.69) is 36.5 Å². The molecule has 0 fully saturated rings. The predicted octanol–water partition coefficient (Wildman–Crippen LogP) is 4.33. The van der Waals surface area contributed by atoms with Gasteiger partial charge in [-0.3, -0.25) is 0 Å². The molecule has 0 heterocycles. The van der Waals surface area contributed by atoms with Crippen LogP contribution in [0.3, 0.4) is 0 Å². The van der Waals surface area contributed by atoms with Gasteiger partial charge in [-0.05, 0) is 37.6 Å². The Balaban J connectivity index is 2.25. The highest BCUT2D eigenvalue weighted by atomic mass is 35.5. The van der Waals surface area contributed by atoms with Crippen LogP contribution >= 0.6 is 11.6 Å². The number of hydrogen-bond donors (Lipinski definition) is 1. The van der Waals surface area contributed by atoms with Crippen molar-refractivity contribution in [2.75, 3.05) is 13.6 Å². The van der Waals surface area contributed by atoms with Gasteiger partial charge in [0.1, 0.15) is 5.82 Å². The molecule has 0 bridgehead atoms. The average Bonchev–Trinajstić information content (AvgIpc) is 2.44. The molecule has 20 heavy (non-hydrogen) atoms. The van der Waals surface area contributed by atoms with E-state index in [9.17, 15) is 4.39 Å². The first-order chi connectivity index (χ1) is 9.61. The van der Waals surface area contributed by atoms with Crippen LogP contribution in [0.5, 0.6) is 0 Å². The van der Waals surface area contributed by atoms with Crippen LogP contribution in [0, 0.1) is 12.7 Å².